The van der Waals surface area contributed by atoms with Crippen LogP contribution in [0.15, 0.2) is 35.5 Å². The minimum atomic E-state index is -0.595. The zero-order valence-corrected chi connectivity index (χ0v) is 19.3. The molecule has 0 aromatic heterocycles. The Morgan fingerprint density at radius 3 is 2.41 bits per heavy atom. The van der Waals surface area contributed by atoms with Crippen LogP contribution in [0.2, 0.25) is 0 Å². The van der Waals surface area contributed by atoms with Crippen LogP contribution in [0, 0.1) is 29.1 Å². The zero-order valence-electron chi connectivity index (χ0n) is 19.3. The van der Waals surface area contributed by atoms with Crippen LogP contribution in [0.5, 0.6) is 0 Å². The average molecular weight is 401 g/mol. The van der Waals surface area contributed by atoms with Crippen LogP contribution in [-0.2, 0) is 0 Å². The van der Waals surface area contributed by atoms with E-state index in [4.69, 9.17) is 0 Å². The van der Waals surface area contributed by atoms with Crippen molar-refractivity contribution in [2.45, 2.75) is 104 Å². The van der Waals surface area contributed by atoms with Gasteiger partial charge in [0.25, 0.3) is 0 Å². The summed E-state index contributed by atoms with van der Waals surface area (Å²) in [5.74, 6) is 3.23. The van der Waals surface area contributed by atoms with E-state index in [9.17, 15) is 10.2 Å². The molecular formula is C27H44O2. The van der Waals surface area contributed by atoms with E-state index < -0.39 is 12.2 Å². The Balaban J connectivity index is 1.68. The minimum absolute atomic E-state index is 0.458. The van der Waals surface area contributed by atoms with Gasteiger partial charge in [0.2, 0.25) is 0 Å². The summed E-state index contributed by atoms with van der Waals surface area (Å²) in [6.45, 7) is 13.6. The molecule has 2 N–H and O–H groups in total. The molecule has 0 aromatic carbocycles. The highest BCUT2D eigenvalue weighted by molar-refractivity contribution is 5.29. The Kier molecular flexibility index (Phi) is 7.49. The smallest absolute Gasteiger partial charge is 0.0809 e. The van der Waals surface area contributed by atoms with E-state index in [1.54, 1.807) is 5.57 Å². The third kappa shape index (κ3) is 5.07. The molecule has 29 heavy (non-hydrogen) atoms. The van der Waals surface area contributed by atoms with Gasteiger partial charge >= 0.3 is 0 Å². The van der Waals surface area contributed by atoms with E-state index in [-0.39, 0.29) is 0 Å². The summed E-state index contributed by atoms with van der Waals surface area (Å²) in [5, 5.41) is 20.3. The molecule has 0 heterocycles. The Morgan fingerprint density at radius 2 is 1.76 bits per heavy atom. The number of allylic oxidation sites excluding steroid dienone is 3. The normalized spacial score (nSPS) is 37.8. The van der Waals surface area contributed by atoms with Crippen molar-refractivity contribution >= 4 is 0 Å². The topological polar surface area (TPSA) is 40.5 Å². The molecule has 2 heteroatoms. The lowest BCUT2D eigenvalue weighted by molar-refractivity contribution is 0.0928. The van der Waals surface area contributed by atoms with Crippen LogP contribution in [-0.4, -0.2) is 22.4 Å². The quantitative estimate of drug-likeness (QED) is 0.494. The molecule has 0 aliphatic heterocycles. The highest BCUT2D eigenvalue weighted by Crippen LogP contribution is 2.59. The number of rotatable bonds is 6. The molecule has 0 bridgehead atoms. The molecule has 0 aromatic rings. The first-order valence-electron chi connectivity index (χ1n) is 12.2. The molecule has 164 valence electrons. The van der Waals surface area contributed by atoms with Crippen molar-refractivity contribution in [2.24, 2.45) is 29.1 Å². The van der Waals surface area contributed by atoms with E-state index in [2.05, 4.69) is 46.4 Å². The van der Waals surface area contributed by atoms with Gasteiger partial charge in [-0.1, -0.05) is 76.8 Å². The SMILES string of the molecule is C=C1[C@H](O)CC(=CC=C2CCC[C@]3(C)C([C@@H](C)CCCC(C)C)CC[C@@H]23)C[C@H]1O. The van der Waals surface area contributed by atoms with Gasteiger partial charge in [-0.2, -0.15) is 0 Å². The van der Waals surface area contributed by atoms with Gasteiger partial charge in [-0.3, -0.25) is 0 Å². The molecule has 2 nitrogen and oxygen atoms in total. The Hall–Kier alpha value is -0.860. The van der Waals surface area contributed by atoms with Crippen LogP contribution >= 0.6 is 0 Å². The van der Waals surface area contributed by atoms with E-state index in [0.717, 1.165) is 29.2 Å². The summed E-state index contributed by atoms with van der Waals surface area (Å²) >= 11 is 0. The fraction of sp³-hybridized carbons (Fsp3) is 0.778. The van der Waals surface area contributed by atoms with Crippen molar-refractivity contribution < 1.29 is 10.2 Å². The number of aliphatic hydroxyl groups excluding tert-OH is 2. The van der Waals surface area contributed by atoms with Gasteiger partial charge in [0.15, 0.2) is 0 Å². The van der Waals surface area contributed by atoms with Crippen molar-refractivity contribution in [1.29, 1.82) is 0 Å². The maximum Gasteiger partial charge on any atom is 0.0809 e. The highest BCUT2D eigenvalue weighted by Gasteiger charge is 2.50. The first kappa shape index (κ1) is 22.8. The Morgan fingerprint density at radius 1 is 1.07 bits per heavy atom. The molecule has 0 saturated heterocycles. The molecule has 6 atom stereocenters. The van der Waals surface area contributed by atoms with Crippen LogP contribution in [0.25, 0.3) is 0 Å². The maximum atomic E-state index is 10.1. The lowest BCUT2D eigenvalue weighted by atomic mass is 9.60. The minimum Gasteiger partial charge on any atom is -0.388 e. The lowest BCUT2D eigenvalue weighted by Crippen LogP contribution is -2.36. The van der Waals surface area contributed by atoms with Crippen molar-refractivity contribution in [3.8, 4) is 0 Å². The predicted octanol–water partition coefficient (Wildman–Crippen LogP) is 6.59. The standard InChI is InChI=1S/C27H44O2/c1-18(2)8-6-9-19(3)23-13-14-24-22(10-7-15-27(23,24)5)12-11-21-16-25(28)20(4)26(29)17-21/h11-12,18-19,23-26,28-29H,4,6-10,13-17H2,1-3,5H3/t19-,23?,24-,25+,26+,27+/m0/s1. The first-order chi connectivity index (χ1) is 13.7. The van der Waals surface area contributed by atoms with Gasteiger partial charge in [0.05, 0.1) is 12.2 Å². The fourth-order valence-electron chi connectivity index (χ4n) is 6.69. The summed E-state index contributed by atoms with van der Waals surface area (Å²) in [5.41, 5.74) is 3.81. The molecule has 0 radical (unpaired) electrons. The molecule has 0 spiro atoms. The number of fused-ring (bicyclic) bond motifs is 1. The average Bonchev–Trinajstić information content (AvgIpc) is 3.01. The summed E-state index contributed by atoms with van der Waals surface area (Å²) in [7, 11) is 0. The second-order valence-electron chi connectivity index (χ2n) is 11.0. The van der Waals surface area contributed by atoms with E-state index >= 15 is 0 Å². The highest BCUT2D eigenvalue weighted by atomic mass is 16.3. The summed E-state index contributed by atoms with van der Waals surface area (Å²) in [6.07, 6.45) is 15.4. The van der Waals surface area contributed by atoms with E-state index in [0.29, 0.717) is 23.8 Å². The first-order valence-corrected chi connectivity index (χ1v) is 12.2. The summed E-state index contributed by atoms with van der Waals surface area (Å²) in [4.78, 5) is 0. The van der Waals surface area contributed by atoms with Crippen molar-refractivity contribution in [3.63, 3.8) is 0 Å². The molecule has 3 fully saturated rings. The van der Waals surface area contributed by atoms with Gasteiger partial charge < -0.3 is 10.2 Å². The second-order valence-corrected chi connectivity index (χ2v) is 11.0. The monoisotopic (exact) mass is 400 g/mol. The maximum absolute atomic E-state index is 10.1. The molecule has 0 amide bonds. The molecule has 3 rings (SSSR count). The largest absolute Gasteiger partial charge is 0.388 e. The zero-order chi connectivity index (χ0) is 21.2. The third-order valence-electron chi connectivity index (χ3n) is 8.47. The molecule has 3 saturated carbocycles. The Labute approximate surface area is 179 Å². The number of hydrogen-bond donors (Lipinski definition) is 2. The molecule has 3 aliphatic carbocycles. The third-order valence-corrected chi connectivity index (χ3v) is 8.47. The van der Waals surface area contributed by atoms with Crippen LogP contribution < -0.4 is 0 Å². The molecule has 3 aliphatic rings. The van der Waals surface area contributed by atoms with E-state index in [1.165, 1.54) is 51.4 Å². The number of hydrogen-bond acceptors (Lipinski definition) is 2. The van der Waals surface area contributed by atoms with Gasteiger partial charge in [-0.15, -0.1) is 0 Å². The summed E-state index contributed by atoms with van der Waals surface area (Å²) < 4.78 is 0. The predicted molar refractivity (Wildman–Crippen MR) is 123 cm³/mol. The van der Waals surface area contributed by atoms with Gasteiger partial charge in [0, 0.05) is 0 Å². The number of aliphatic hydroxyl groups is 2. The molecule has 1 unspecified atom stereocenters. The van der Waals surface area contributed by atoms with E-state index in [1.807, 2.05) is 0 Å². The van der Waals surface area contributed by atoms with Gasteiger partial charge in [0.1, 0.15) is 0 Å². The second kappa shape index (κ2) is 9.52. The van der Waals surface area contributed by atoms with Crippen LogP contribution in [0.3, 0.4) is 0 Å². The summed E-state index contributed by atoms with van der Waals surface area (Å²) in [6, 6.07) is 0. The van der Waals surface area contributed by atoms with Crippen molar-refractivity contribution in [3.05, 3.63) is 35.5 Å². The van der Waals surface area contributed by atoms with Crippen molar-refractivity contribution in [2.75, 3.05) is 0 Å². The lowest BCUT2D eigenvalue weighted by Gasteiger charge is -2.44. The Bertz CT molecular complexity index is 627. The van der Waals surface area contributed by atoms with Gasteiger partial charge in [-0.25, -0.2) is 0 Å². The van der Waals surface area contributed by atoms with Crippen LogP contribution in [0.1, 0.15) is 91.9 Å². The fourth-order valence-corrected chi connectivity index (χ4v) is 6.69. The van der Waals surface area contributed by atoms with Crippen molar-refractivity contribution in [1.82, 2.24) is 0 Å². The van der Waals surface area contributed by atoms with Crippen LogP contribution in [0.4, 0.5) is 0 Å². The molecular weight excluding hydrogens is 356 g/mol. The van der Waals surface area contributed by atoms with Gasteiger partial charge in [-0.05, 0) is 79.6 Å².